The third-order valence-electron chi connectivity index (χ3n) is 4.18. The summed E-state index contributed by atoms with van der Waals surface area (Å²) in [5, 5.41) is 0.338. The molecule has 0 bridgehead atoms. The van der Waals surface area contributed by atoms with Crippen LogP contribution in [0.15, 0.2) is 51.7 Å². The molecule has 3 rings (SSSR count). The zero-order valence-electron chi connectivity index (χ0n) is 16.7. The molecule has 0 aliphatic heterocycles. The fourth-order valence-corrected chi connectivity index (χ4v) is 2.75. The van der Waals surface area contributed by atoms with Crippen molar-refractivity contribution in [3.05, 3.63) is 58.4 Å². The van der Waals surface area contributed by atoms with Gasteiger partial charge < -0.3 is 23.4 Å². The molecule has 3 aromatic rings. The first-order valence-corrected chi connectivity index (χ1v) is 9.15. The smallest absolute Gasteiger partial charge is 0.347 e. The minimum Gasteiger partial charge on any atom is -0.497 e. The van der Waals surface area contributed by atoms with Crippen LogP contribution >= 0.6 is 0 Å². The molecule has 0 fully saturated rings. The molecule has 0 amide bonds. The van der Waals surface area contributed by atoms with Gasteiger partial charge in [-0.25, -0.2) is 4.79 Å². The fourth-order valence-electron chi connectivity index (χ4n) is 2.75. The number of aryl methyl sites for hydroxylation is 1. The quantitative estimate of drug-likeness (QED) is 0.551. The van der Waals surface area contributed by atoms with Crippen LogP contribution in [0, 0.1) is 6.92 Å². The van der Waals surface area contributed by atoms with E-state index in [2.05, 4.69) is 0 Å². The van der Waals surface area contributed by atoms with Gasteiger partial charge in [0.2, 0.25) is 11.2 Å². The normalized spacial score (nSPS) is 11.7. The number of fused-ring (bicyclic) bond motifs is 1. The molecule has 7 heteroatoms. The molecule has 29 heavy (non-hydrogen) atoms. The lowest BCUT2D eigenvalue weighted by Gasteiger charge is -2.14. The summed E-state index contributed by atoms with van der Waals surface area (Å²) in [4.78, 5) is 24.6. The lowest BCUT2D eigenvalue weighted by molar-refractivity contribution is -0.150. The maximum absolute atomic E-state index is 12.9. The van der Waals surface area contributed by atoms with Crippen LogP contribution in [0.4, 0.5) is 0 Å². The predicted molar refractivity (Wildman–Crippen MR) is 107 cm³/mol. The van der Waals surface area contributed by atoms with E-state index in [-0.39, 0.29) is 17.8 Å². The standard InChI is InChI=1S/C22H22O7/c1-5-26-22(24)14(3)27-17-9-10-18-19(12-17)28-13(2)21(20(18)23)29-16-8-6-7-15(11-16)25-4/h6-12,14H,5H2,1-4H3. The summed E-state index contributed by atoms with van der Waals surface area (Å²) < 4.78 is 27.2. The Hall–Kier alpha value is -3.48. The minimum atomic E-state index is -0.782. The first-order chi connectivity index (χ1) is 13.9. The van der Waals surface area contributed by atoms with Gasteiger partial charge in [0.15, 0.2) is 6.10 Å². The van der Waals surface area contributed by atoms with Crippen LogP contribution in [-0.4, -0.2) is 25.8 Å². The SMILES string of the molecule is CCOC(=O)C(C)Oc1ccc2c(=O)c(Oc3cccc(OC)c3)c(C)oc2c1. The molecular weight excluding hydrogens is 376 g/mol. The summed E-state index contributed by atoms with van der Waals surface area (Å²) in [7, 11) is 1.55. The third kappa shape index (κ3) is 4.51. The third-order valence-corrected chi connectivity index (χ3v) is 4.18. The molecule has 7 nitrogen and oxygen atoms in total. The van der Waals surface area contributed by atoms with Crippen LogP contribution in [0.2, 0.25) is 0 Å². The Morgan fingerprint density at radius 1 is 1.10 bits per heavy atom. The Morgan fingerprint density at radius 3 is 2.59 bits per heavy atom. The highest BCUT2D eigenvalue weighted by Crippen LogP contribution is 2.29. The molecule has 0 aliphatic carbocycles. The van der Waals surface area contributed by atoms with Crippen LogP contribution in [0.3, 0.4) is 0 Å². The maximum atomic E-state index is 12.9. The number of ether oxygens (including phenoxy) is 4. The highest BCUT2D eigenvalue weighted by atomic mass is 16.6. The van der Waals surface area contributed by atoms with Gasteiger partial charge in [-0.2, -0.15) is 0 Å². The van der Waals surface area contributed by atoms with Gasteiger partial charge in [-0.15, -0.1) is 0 Å². The summed E-state index contributed by atoms with van der Waals surface area (Å²) in [5.41, 5.74) is 0.0237. The van der Waals surface area contributed by atoms with E-state index in [1.807, 2.05) is 0 Å². The number of benzene rings is 2. The van der Waals surface area contributed by atoms with E-state index in [9.17, 15) is 9.59 Å². The van der Waals surface area contributed by atoms with Gasteiger partial charge in [-0.3, -0.25) is 4.79 Å². The number of esters is 1. The molecule has 1 aromatic heterocycles. The number of hydrogen-bond acceptors (Lipinski definition) is 7. The van der Waals surface area contributed by atoms with Crippen molar-refractivity contribution < 1.29 is 28.2 Å². The van der Waals surface area contributed by atoms with E-state index in [1.54, 1.807) is 70.3 Å². The number of carbonyl (C=O) groups is 1. The average Bonchev–Trinajstić information content (AvgIpc) is 2.71. The summed E-state index contributed by atoms with van der Waals surface area (Å²) >= 11 is 0. The van der Waals surface area contributed by atoms with Gasteiger partial charge in [0.1, 0.15) is 28.6 Å². The first-order valence-electron chi connectivity index (χ1n) is 9.15. The van der Waals surface area contributed by atoms with Crippen LogP contribution in [0.1, 0.15) is 19.6 Å². The first kappa shape index (κ1) is 20.3. The summed E-state index contributed by atoms with van der Waals surface area (Å²) in [5.74, 6) is 1.42. The van der Waals surface area contributed by atoms with Crippen LogP contribution in [0.25, 0.3) is 11.0 Å². The second-order valence-electron chi connectivity index (χ2n) is 6.27. The highest BCUT2D eigenvalue weighted by Gasteiger charge is 2.18. The van der Waals surface area contributed by atoms with Crippen LogP contribution in [-0.2, 0) is 9.53 Å². The highest BCUT2D eigenvalue weighted by molar-refractivity contribution is 5.80. The fraction of sp³-hybridized carbons (Fsp3) is 0.273. The number of methoxy groups -OCH3 is 1. The van der Waals surface area contributed by atoms with E-state index in [0.717, 1.165) is 0 Å². The zero-order valence-corrected chi connectivity index (χ0v) is 16.7. The molecular formula is C22H22O7. The van der Waals surface area contributed by atoms with Gasteiger partial charge in [0.05, 0.1) is 19.1 Å². The summed E-state index contributed by atoms with van der Waals surface area (Å²) in [6.45, 7) is 5.23. The van der Waals surface area contributed by atoms with Crippen molar-refractivity contribution in [1.29, 1.82) is 0 Å². The van der Waals surface area contributed by atoms with E-state index in [0.29, 0.717) is 34.0 Å². The molecule has 152 valence electrons. The van der Waals surface area contributed by atoms with E-state index >= 15 is 0 Å². The zero-order chi connectivity index (χ0) is 21.0. The van der Waals surface area contributed by atoms with Crippen molar-refractivity contribution in [2.24, 2.45) is 0 Å². The second-order valence-corrected chi connectivity index (χ2v) is 6.27. The van der Waals surface area contributed by atoms with Crippen molar-refractivity contribution in [3.63, 3.8) is 0 Å². The van der Waals surface area contributed by atoms with Gasteiger partial charge in [-0.05, 0) is 45.0 Å². The van der Waals surface area contributed by atoms with Crippen molar-refractivity contribution in [2.45, 2.75) is 26.9 Å². The van der Waals surface area contributed by atoms with Crippen LogP contribution in [0.5, 0.6) is 23.0 Å². The predicted octanol–water partition coefficient (Wildman–Crippen LogP) is 4.23. The molecule has 0 saturated carbocycles. The molecule has 0 aliphatic rings. The minimum absolute atomic E-state index is 0.0966. The molecule has 0 N–H and O–H groups in total. The maximum Gasteiger partial charge on any atom is 0.347 e. The Morgan fingerprint density at radius 2 is 1.86 bits per heavy atom. The number of carbonyl (C=O) groups excluding carboxylic acids is 1. The van der Waals surface area contributed by atoms with Gasteiger partial charge >= 0.3 is 5.97 Å². The summed E-state index contributed by atoms with van der Waals surface area (Å²) in [6.07, 6.45) is -0.782. The van der Waals surface area contributed by atoms with Crippen molar-refractivity contribution in [1.82, 2.24) is 0 Å². The molecule has 1 unspecified atom stereocenters. The van der Waals surface area contributed by atoms with Crippen LogP contribution < -0.4 is 19.6 Å². The monoisotopic (exact) mass is 398 g/mol. The van der Waals surface area contributed by atoms with Gasteiger partial charge in [0.25, 0.3) is 0 Å². The van der Waals surface area contributed by atoms with Gasteiger partial charge in [0, 0.05) is 12.1 Å². The lowest BCUT2D eigenvalue weighted by atomic mass is 10.2. The average molecular weight is 398 g/mol. The van der Waals surface area contributed by atoms with Crippen molar-refractivity contribution in [3.8, 4) is 23.0 Å². The number of hydrogen-bond donors (Lipinski definition) is 0. The molecule has 1 heterocycles. The van der Waals surface area contributed by atoms with E-state index in [1.165, 1.54) is 0 Å². The molecule has 1 atom stereocenters. The second kappa shape index (κ2) is 8.68. The molecule has 0 spiro atoms. The van der Waals surface area contributed by atoms with Crippen molar-refractivity contribution >= 4 is 16.9 Å². The topological polar surface area (TPSA) is 84.2 Å². The number of rotatable bonds is 7. The Balaban J connectivity index is 1.91. The van der Waals surface area contributed by atoms with Gasteiger partial charge in [-0.1, -0.05) is 6.07 Å². The lowest BCUT2D eigenvalue weighted by Crippen LogP contribution is -2.26. The largest absolute Gasteiger partial charge is 0.497 e. The van der Waals surface area contributed by atoms with E-state index < -0.39 is 12.1 Å². The summed E-state index contributed by atoms with van der Waals surface area (Å²) in [6, 6.07) is 11.7. The Labute approximate surface area is 167 Å². The van der Waals surface area contributed by atoms with E-state index in [4.69, 9.17) is 23.4 Å². The molecule has 0 saturated heterocycles. The molecule has 2 aromatic carbocycles. The van der Waals surface area contributed by atoms with Crippen molar-refractivity contribution in [2.75, 3.05) is 13.7 Å². The Kier molecular flexibility index (Phi) is 6.07. The Bertz CT molecular complexity index is 1080. The molecule has 0 radical (unpaired) electrons.